The Morgan fingerprint density at radius 1 is 1.37 bits per heavy atom. The molecule has 0 saturated carbocycles. The third kappa shape index (κ3) is 9.73. The molecule has 0 unspecified atom stereocenters. The van der Waals surface area contributed by atoms with E-state index in [0.717, 1.165) is 12.3 Å². The maximum atomic E-state index is 8.93. The number of carbonyl (C=O) groups excluding carboxylic acids is 2. The number of carbonyl (C=O) groups is 2. The molecule has 0 radical (unpaired) electrons. The third-order valence-corrected chi connectivity index (χ3v) is 2.54. The van der Waals surface area contributed by atoms with E-state index in [0.29, 0.717) is 0 Å². The fourth-order valence-electron chi connectivity index (χ4n) is 1.14. The van der Waals surface area contributed by atoms with Crippen molar-refractivity contribution in [2.75, 3.05) is 6.26 Å². The Balaban J connectivity index is 0. The van der Waals surface area contributed by atoms with Crippen molar-refractivity contribution in [1.29, 1.82) is 0 Å². The van der Waals surface area contributed by atoms with E-state index in [9.17, 15) is 0 Å². The molecule has 0 aliphatic heterocycles. The van der Waals surface area contributed by atoms with Gasteiger partial charge in [-0.05, 0) is 12.7 Å². The zero-order chi connectivity index (χ0) is 14.0. The molecule has 0 amide bonds. The topological polar surface area (TPSA) is 98.1 Å². The number of aryl methyl sites for hydroxylation is 1. The normalized spacial score (nSPS) is 8.95. The van der Waals surface area contributed by atoms with Crippen LogP contribution in [0.5, 0.6) is 0 Å². The van der Waals surface area contributed by atoms with Crippen molar-refractivity contribution in [2.45, 2.75) is 32.1 Å². The van der Waals surface area contributed by atoms with Gasteiger partial charge < -0.3 is 24.4 Å². The van der Waals surface area contributed by atoms with Crippen LogP contribution in [0.2, 0.25) is 0 Å². The first-order valence-electron chi connectivity index (χ1n) is 5.44. The predicted molar refractivity (Wildman–Crippen MR) is 64.4 cm³/mol. The average molecular weight is 467 g/mol. The molecule has 0 atom stereocenters. The fraction of sp³-hybridized carbons (Fsp3) is 0.545. The van der Waals surface area contributed by atoms with Crippen molar-refractivity contribution in [3.8, 4) is 0 Å². The molecule has 1 rings (SSSR count). The molecule has 1 heterocycles. The van der Waals surface area contributed by atoms with E-state index in [1.165, 1.54) is 18.7 Å². The second kappa shape index (κ2) is 12.2. The van der Waals surface area contributed by atoms with E-state index in [1.807, 2.05) is 18.0 Å². The van der Waals surface area contributed by atoms with Gasteiger partial charge in [-0.1, -0.05) is 13.3 Å². The molecule has 8 heteroatoms. The van der Waals surface area contributed by atoms with E-state index in [4.69, 9.17) is 19.8 Å². The van der Waals surface area contributed by atoms with Gasteiger partial charge in [-0.15, -0.1) is 0 Å². The molecule has 1 aromatic rings. The van der Waals surface area contributed by atoms with Crippen LogP contribution in [0.1, 0.15) is 25.6 Å². The summed E-state index contributed by atoms with van der Waals surface area (Å²) in [5, 5.41) is 17.9. The van der Waals surface area contributed by atoms with Crippen molar-refractivity contribution in [3.05, 3.63) is 18.2 Å². The van der Waals surface area contributed by atoms with Gasteiger partial charge in [0.1, 0.15) is 5.82 Å². The van der Waals surface area contributed by atoms with Crippen molar-refractivity contribution in [1.82, 2.24) is 9.55 Å². The fourth-order valence-corrected chi connectivity index (χ4v) is 1.64. The van der Waals surface area contributed by atoms with Gasteiger partial charge in [-0.3, -0.25) is 0 Å². The number of carboxylic acid groups (broad SMARTS) is 2. The summed E-state index contributed by atoms with van der Waals surface area (Å²) in [4.78, 5) is 22.2. The minimum absolute atomic E-state index is 0. The molecule has 6 nitrogen and oxygen atoms in total. The SMILES string of the molecule is CCCCn1ccnc1CSC.O=C([O-])C(=O)[O-].[Pt+2]. The van der Waals surface area contributed by atoms with E-state index in [-0.39, 0.29) is 21.1 Å². The van der Waals surface area contributed by atoms with Crippen LogP contribution in [0.15, 0.2) is 12.4 Å². The van der Waals surface area contributed by atoms with E-state index in [2.05, 4.69) is 28.9 Å². The molecule has 0 bridgehead atoms. The molecule has 0 N–H and O–H groups in total. The van der Waals surface area contributed by atoms with Crippen LogP contribution in [0.3, 0.4) is 0 Å². The van der Waals surface area contributed by atoms with Gasteiger partial charge >= 0.3 is 21.1 Å². The van der Waals surface area contributed by atoms with Gasteiger partial charge in [0, 0.05) is 18.9 Å². The molecule has 0 fully saturated rings. The number of hydrogen-bond acceptors (Lipinski definition) is 6. The number of aromatic nitrogens is 2. The Labute approximate surface area is 130 Å². The summed E-state index contributed by atoms with van der Waals surface area (Å²) in [5.41, 5.74) is 0. The minimum atomic E-state index is -2.19. The van der Waals surface area contributed by atoms with Crippen molar-refractivity contribution < 1.29 is 40.9 Å². The predicted octanol–water partition coefficient (Wildman–Crippen LogP) is -0.970. The summed E-state index contributed by atoms with van der Waals surface area (Å²) in [5.74, 6) is -2.14. The zero-order valence-corrected chi connectivity index (χ0v) is 13.8. The maximum absolute atomic E-state index is 8.93. The molecular weight excluding hydrogens is 451 g/mol. The summed E-state index contributed by atoms with van der Waals surface area (Å²) in [6, 6.07) is 0. The summed E-state index contributed by atoms with van der Waals surface area (Å²) >= 11 is 1.82. The van der Waals surface area contributed by atoms with Gasteiger partial charge in [0.05, 0.1) is 17.7 Å². The quantitative estimate of drug-likeness (QED) is 0.517. The first-order chi connectivity index (χ1) is 8.52. The number of nitrogens with zero attached hydrogens (tertiary/aromatic N) is 2. The maximum Gasteiger partial charge on any atom is 2.00 e. The summed E-state index contributed by atoms with van der Waals surface area (Å²) < 4.78 is 2.25. The van der Waals surface area contributed by atoms with Crippen LogP contribution >= 0.6 is 11.8 Å². The van der Waals surface area contributed by atoms with Crippen LogP contribution in [0, 0.1) is 0 Å². The van der Waals surface area contributed by atoms with Crippen LogP contribution in [-0.4, -0.2) is 27.7 Å². The summed E-state index contributed by atoms with van der Waals surface area (Å²) in [6.45, 7) is 3.33. The Morgan fingerprint density at radius 3 is 2.37 bits per heavy atom. The number of rotatable bonds is 5. The van der Waals surface area contributed by atoms with E-state index in [1.54, 1.807) is 0 Å². The standard InChI is InChI=1S/C9H16N2S.C2H2O4.Pt/c1-3-4-6-11-7-5-10-9(11)8-12-2;3-1(4)2(5)6;/h5,7H,3-4,6,8H2,1-2H3;(H,3,4)(H,5,6);/q;;+2/p-2. The molecule has 1 aromatic heterocycles. The number of hydrogen-bond donors (Lipinski definition) is 0. The van der Waals surface area contributed by atoms with E-state index < -0.39 is 11.9 Å². The molecule has 110 valence electrons. The van der Waals surface area contributed by atoms with Gasteiger partial charge in [0.25, 0.3) is 0 Å². The first kappa shape index (κ1) is 20.5. The summed E-state index contributed by atoms with van der Waals surface area (Å²) in [6.07, 6.45) is 8.57. The van der Waals surface area contributed by atoms with Crippen molar-refractivity contribution in [2.24, 2.45) is 0 Å². The number of imidazole rings is 1. The van der Waals surface area contributed by atoms with Crippen LogP contribution < -0.4 is 10.2 Å². The van der Waals surface area contributed by atoms with Gasteiger partial charge in [-0.25, -0.2) is 4.98 Å². The Bertz CT molecular complexity index is 373. The number of thioether (sulfide) groups is 1. The second-order valence-electron chi connectivity index (χ2n) is 3.40. The Hall–Kier alpha value is -0.812. The summed E-state index contributed by atoms with van der Waals surface area (Å²) in [7, 11) is 0. The molecular formula is C11H16N2O4PtS. The second-order valence-corrected chi connectivity index (χ2v) is 4.26. The molecule has 0 aromatic carbocycles. The molecule has 0 spiro atoms. The Morgan fingerprint density at radius 2 is 1.95 bits per heavy atom. The Kier molecular flexibility index (Phi) is 13.2. The third-order valence-electron chi connectivity index (χ3n) is 1.99. The monoisotopic (exact) mass is 467 g/mol. The first-order valence-corrected chi connectivity index (χ1v) is 6.83. The molecule has 19 heavy (non-hydrogen) atoms. The molecule has 0 saturated heterocycles. The van der Waals surface area contributed by atoms with Gasteiger partial charge in [0.2, 0.25) is 0 Å². The minimum Gasteiger partial charge on any atom is -0.543 e. The number of unbranched alkanes of at least 4 members (excludes halogenated alkanes) is 1. The molecule has 0 aliphatic rings. The van der Waals surface area contributed by atoms with Gasteiger partial charge in [-0.2, -0.15) is 11.8 Å². The van der Waals surface area contributed by atoms with Crippen molar-refractivity contribution in [3.63, 3.8) is 0 Å². The van der Waals surface area contributed by atoms with E-state index >= 15 is 0 Å². The average Bonchev–Trinajstić information content (AvgIpc) is 2.75. The van der Waals surface area contributed by atoms with Crippen LogP contribution in [0.4, 0.5) is 0 Å². The van der Waals surface area contributed by atoms with Gasteiger partial charge in [0.15, 0.2) is 0 Å². The van der Waals surface area contributed by atoms with Crippen molar-refractivity contribution >= 4 is 23.7 Å². The number of carboxylic acids is 2. The van der Waals surface area contributed by atoms with Crippen LogP contribution in [-0.2, 0) is 43.0 Å². The van der Waals surface area contributed by atoms with Crippen LogP contribution in [0.25, 0.3) is 0 Å². The smallest absolute Gasteiger partial charge is 0.543 e. The zero-order valence-electron chi connectivity index (χ0n) is 10.7. The molecule has 0 aliphatic carbocycles. The largest absolute Gasteiger partial charge is 2.00 e. The number of aliphatic carboxylic acids is 2.